The van der Waals surface area contributed by atoms with E-state index in [1.807, 2.05) is 0 Å². The van der Waals surface area contributed by atoms with Gasteiger partial charge >= 0.3 is 5.97 Å². The Morgan fingerprint density at radius 1 is 1.33 bits per heavy atom. The van der Waals surface area contributed by atoms with Gasteiger partial charge in [-0.15, -0.1) is 10.2 Å². The molecule has 0 fully saturated rings. The number of carbonyl (C=O) groups is 1. The van der Waals surface area contributed by atoms with Crippen LogP contribution in [-0.2, 0) is 4.74 Å². The molecular formula is C14H10ClN3O3. The quantitative estimate of drug-likeness (QED) is 0.736. The molecule has 0 spiro atoms. The average molecular weight is 304 g/mol. The van der Waals surface area contributed by atoms with Crippen LogP contribution in [0.25, 0.3) is 17.0 Å². The van der Waals surface area contributed by atoms with Gasteiger partial charge in [0.15, 0.2) is 11.5 Å². The van der Waals surface area contributed by atoms with E-state index < -0.39 is 5.97 Å². The van der Waals surface area contributed by atoms with Gasteiger partial charge in [-0.25, -0.2) is 4.79 Å². The Hall–Kier alpha value is -2.60. The molecule has 6 nitrogen and oxygen atoms in total. The number of methoxy groups -OCH3 is 1. The van der Waals surface area contributed by atoms with Gasteiger partial charge in [0.1, 0.15) is 5.75 Å². The smallest absolute Gasteiger partial charge is 0.339 e. The number of phenolic OH excluding ortho intramolecular Hbond substituents is 1. The fourth-order valence-corrected chi connectivity index (χ4v) is 2.28. The van der Waals surface area contributed by atoms with Crippen LogP contribution in [0.15, 0.2) is 36.5 Å². The van der Waals surface area contributed by atoms with Crippen molar-refractivity contribution in [2.24, 2.45) is 0 Å². The molecule has 0 saturated heterocycles. The normalized spacial score (nSPS) is 10.8. The van der Waals surface area contributed by atoms with Crippen molar-refractivity contribution >= 4 is 23.2 Å². The van der Waals surface area contributed by atoms with Gasteiger partial charge in [0.05, 0.1) is 23.3 Å². The number of carbonyl (C=O) groups excluding carboxylic acids is 1. The fraction of sp³-hybridized carbons (Fsp3) is 0.0714. The largest absolute Gasteiger partial charge is 0.507 e. The van der Waals surface area contributed by atoms with Gasteiger partial charge in [-0.05, 0) is 18.2 Å². The lowest BCUT2D eigenvalue weighted by Gasteiger charge is -2.05. The number of nitrogens with zero attached hydrogens (tertiary/aromatic N) is 3. The van der Waals surface area contributed by atoms with Crippen LogP contribution in [0.5, 0.6) is 5.75 Å². The van der Waals surface area contributed by atoms with Crippen LogP contribution in [0.1, 0.15) is 10.4 Å². The van der Waals surface area contributed by atoms with E-state index in [0.717, 1.165) is 0 Å². The van der Waals surface area contributed by atoms with E-state index in [2.05, 4.69) is 14.9 Å². The van der Waals surface area contributed by atoms with E-state index in [1.165, 1.54) is 19.4 Å². The Balaban J connectivity index is 2.28. The summed E-state index contributed by atoms with van der Waals surface area (Å²) in [6.45, 7) is 0. The lowest BCUT2D eigenvalue weighted by molar-refractivity contribution is 0.0600. The summed E-state index contributed by atoms with van der Waals surface area (Å²) in [6.07, 6.45) is 1.52. The second-order valence-corrected chi connectivity index (χ2v) is 4.71. The molecule has 0 saturated carbocycles. The number of pyridine rings is 1. The predicted octanol–water partition coefficient (Wildman–Crippen LogP) is 2.54. The number of hydrogen-bond acceptors (Lipinski definition) is 5. The van der Waals surface area contributed by atoms with Gasteiger partial charge in [-0.1, -0.05) is 23.7 Å². The molecule has 0 unspecified atom stereocenters. The van der Waals surface area contributed by atoms with Crippen molar-refractivity contribution in [3.8, 4) is 17.1 Å². The second kappa shape index (κ2) is 5.06. The molecule has 1 N–H and O–H groups in total. The molecule has 3 aromatic rings. The number of aromatic hydroxyl groups is 1. The summed E-state index contributed by atoms with van der Waals surface area (Å²) in [6, 6.07) is 8.18. The highest BCUT2D eigenvalue weighted by molar-refractivity contribution is 6.33. The number of rotatable bonds is 2. The molecule has 0 aliphatic carbocycles. The van der Waals surface area contributed by atoms with E-state index >= 15 is 0 Å². The van der Waals surface area contributed by atoms with E-state index in [9.17, 15) is 9.90 Å². The molecular weight excluding hydrogens is 294 g/mol. The first-order valence-corrected chi connectivity index (χ1v) is 6.40. The summed E-state index contributed by atoms with van der Waals surface area (Å²) in [7, 11) is 1.29. The van der Waals surface area contributed by atoms with Crippen molar-refractivity contribution in [2.45, 2.75) is 0 Å². The Kier molecular flexibility index (Phi) is 3.23. The monoisotopic (exact) mass is 303 g/mol. The summed E-state index contributed by atoms with van der Waals surface area (Å²) in [4.78, 5) is 11.7. The van der Waals surface area contributed by atoms with Crippen molar-refractivity contribution in [3.05, 3.63) is 47.1 Å². The standard InChI is InChI=1S/C14H10ClN3O3/c1-21-14(20)8-6-10(15)13-17-16-12(18(13)7-8)9-4-2-3-5-11(9)19/h2-7,19H,1H3. The molecule has 0 amide bonds. The van der Waals surface area contributed by atoms with Gasteiger partial charge in [-0.2, -0.15) is 0 Å². The second-order valence-electron chi connectivity index (χ2n) is 4.30. The lowest BCUT2D eigenvalue weighted by Crippen LogP contribution is -2.03. The number of hydrogen-bond donors (Lipinski definition) is 1. The molecule has 0 aliphatic rings. The van der Waals surface area contributed by atoms with E-state index in [4.69, 9.17) is 11.6 Å². The van der Waals surface area contributed by atoms with Crippen LogP contribution in [0.3, 0.4) is 0 Å². The van der Waals surface area contributed by atoms with Crippen molar-refractivity contribution in [1.82, 2.24) is 14.6 Å². The van der Waals surface area contributed by atoms with Gasteiger partial charge in [-0.3, -0.25) is 4.40 Å². The van der Waals surface area contributed by atoms with Crippen LogP contribution in [0, 0.1) is 0 Å². The van der Waals surface area contributed by atoms with Crippen LogP contribution in [0.2, 0.25) is 5.02 Å². The molecule has 1 aromatic carbocycles. The van der Waals surface area contributed by atoms with E-state index in [-0.39, 0.29) is 16.3 Å². The zero-order valence-electron chi connectivity index (χ0n) is 10.9. The topological polar surface area (TPSA) is 76.7 Å². The highest BCUT2D eigenvalue weighted by Crippen LogP contribution is 2.29. The Morgan fingerprint density at radius 3 is 2.81 bits per heavy atom. The molecule has 0 radical (unpaired) electrons. The molecule has 0 atom stereocenters. The first kappa shape index (κ1) is 13.4. The highest BCUT2D eigenvalue weighted by Gasteiger charge is 2.17. The maximum atomic E-state index is 11.7. The number of aromatic nitrogens is 3. The van der Waals surface area contributed by atoms with Crippen molar-refractivity contribution < 1.29 is 14.6 Å². The molecule has 0 aliphatic heterocycles. The lowest BCUT2D eigenvalue weighted by atomic mass is 10.2. The number of esters is 1. The predicted molar refractivity (Wildman–Crippen MR) is 76.4 cm³/mol. The summed E-state index contributed by atoms with van der Waals surface area (Å²) in [5.41, 5.74) is 1.15. The number of phenols is 1. The third kappa shape index (κ3) is 2.19. The summed E-state index contributed by atoms with van der Waals surface area (Å²) >= 11 is 6.11. The van der Waals surface area contributed by atoms with E-state index in [1.54, 1.807) is 28.7 Å². The fourth-order valence-electron chi connectivity index (χ4n) is 2.03. The van der Waals surface area contributed by atoms with Gasteiger partial charge in [0.25, 0.3) is 0 Å². The van der Waals surface area contributed by atoms with Gasteiger partial charge in [0.2, 0.25) is 0 Å². The average Bonchev–Trinajstić information content (AvgIpc) is 2.91. The maximum Gasteiger partial charge on any atom is 0.339 e. The third-order valence-electron chi connectivity index (χ3n) is 3.03. The number of fused-ring (bicyclic) bond motifs is 1. The summed E-state index contributed by atoms with van der Waals surface area (Å²) < 4.78 is 6.23. The van der Waals surface area contributed by atoms with Crippen LogP contribution < -0.4 is 0 Å². The minimum atomic E-state index is -0.518. The van der Waals surface area contributed by atoms with Crippen LogP contribution in [0.4, 0.5) is 0 Å². The molecule has 3 rings (SSSR count). The molecule has 21 heavy (non-hydrogen) atoms. The number of halogens is 1. The molecule has 2 aromatic heterocycles. The molecule has 7 heteroatoms. The zero-order chi connectivity index (χ0) is 15.0. The van der Waals surface area contributed by atoms with Gasteiger partial charge in [0, 0.05) is 6.20 Å². The maximum absolute atomic E-state index is 11.7. The minimum Gasteiger partial charge on any atom is -0.507 e. The minimum absolute atomic E-state index is 0.0615. The highest BCUT2D eigenvalue weighted by atomic mass is 35.5. The van der Waals surface area contributed by atoms with Crippen molar-refractivity contribution in [3.63, 3.8) is 0 Å². The summed E-state index contributed by atoms with van der Waals surface area (Å²) in [5.74, 6) is -0.0714. The SMILES string of the molecule is COC(=O)c1cc(Cl)c2nnc(-c3ccccc3O)n2c1. The Morgan fingerprint density at radius 2 is 2.10 bits per heavy atom. The van der Waals surface area contributed by atoms with E-state index in [0.29, 0.717) is 17.0 Å². The zero-order valence-corrected chi connectivity index (χ0v) is 11.7. The number of ether oxygens (including phenoxy) is 1. The van der Waals surface area contributed by atoms with Crippen LogP contribution >= 0.6 is 11.6 Å². The first-order valence-electron chi connectivity index (χ1n) is 6.03. The van der Waals surface area contributed by atoms with Crippen LogP contribution in [-0.4, -0.2) is 32.8 Å². The molecule has 0 bridgehead atoms. The van der Waals surface area contributed by atoms with Crippen molar-refractivity contribution in [2.75, 3.05) is 7.11 Å². The first-order chi connectivity index (χ1) is 10.1. The number of benzene rings is 1. The Labute approximate surface area is 124 Å². The third-order valence-corrected chi connectivity index (χ3v) is 3.30. The number of para-hydroxylation sites is 1. The van der Waals surface area contributed by atoms with Gasteiger partial charge < -0.3 is 9.84 Å². The Bertz CT molecular complexity index is 845. The summed E-state index contributed by atoms with van der Waals surface area (Å²) in [5, 5.41) is 18.2. The molecule has 2 heterocycles. The molecule has 106 valence electrons. The van der Waals surface area contributed by atoms with Crippen molar-refractivity contribution in [1.29, 1.82) is 0 Å².